The van der Waals surface area contributed by atoms with Crippen LogP contribution in [0.25, 0.3) is 0 Å². The van der Waals surface area contributed by atoms with Gasteiger partial charge >= 0.3 is 0 Å². The first-order valence-corrected chi connectivity index (χ1v) is 10.3. The Hall–Kier alpha value is -2.34. The van der Waals surface area contributed by atoms with Crippen molar-refractivity contribution < 1.29 is 13.2 Å². The molecule has 2 aromatic rings. The van der Waals surface area contributed by atoms with Gasteiger partial charge in [-0.25, -0.2) is 8.42 Å². The molecule has 0 aromatic heterocycles. The van der Waals surface area contributed by atoms with Crippen molar-refractivity contribution in [2.75, 3.05) is 15.9 Å². The van der Waals surface area contributed by atoms with Gasteiger partial charge in [-0.1, -0.05) is 35.4 Å². The number of amides is 1. The standard InChI is InChI=1S/C20H26N2O3S/c1-13-7-9-18(10-8-13)22(26(6,24)25)17(5)20(23)21-19-15(3)11-14(2)12-16(19)4/h7-12,17H,1-6H3,(H,21,23). The van der Waals surface area contributed by atoms with Gasteiger partial charge in [0.2, 0.25) is 15.9 Å². The van der Waals surface area contributed by atoms with Crippen molar-refractivity contribution in [2.45, 2.75) is 40.7 Å². The average Bonchev–Trinajstić information content (AvgIpc) is 2.51. The molecule has 0 fully saturated rings. The first-order chi connectivity index (χ1) is 12.0. The number of aryl methyl sites for hydroxylation is 4. The van der Waals surface area contributed by atoms with Gasteiger partial charge in [0, 0.05) is 5.69 Å². The number of carbonyl (C=O) groups excluding carboxylic acids is 1. The quantitative estimate of drug-likeness (QED) is 0.867. The Bertz CT molecular complexity index is 896. The van der Waals surface area contributed by atoms with Gasteiger partial charge in [0.05, 0.1) is 11.9 Å². The second kappa shape index (κ2) is 7.50. The van der Waals surface area contributed by atoms with E-state index >= 15 is 0 Å². The molecule has 2 aromatic carbocycles. The van der Waals surface area contributed by atoms with E-state index in [0.29, 0.717) is 5.69 Å². The van der Waals surface area contributed by atoms with Gasteiger partial charge in [0.25, 0.3) is 0 Å². The van der Waals surface area contributed by atoms with Gasteiger partial charge < -0.3 is 5.32 Å². The molecule has 0 radical (unpaired) electrons. The Morgan fingerprint density at radius 3 is 1.92 bits per heavy atom. The van der Waals surface area contributed by atoms with E-state index < -0.39 is 16.1 Å². The smallest absolute Gasteiger partial charge is 0.248 e. The zero-order valence-corrected chi connectivity index (χ0v) is 16.9. The van der Waals surface area contributed by atoms with Gasteiger partial charge in [-0.15, -0.1) is 0 Å². The van der Waals surface area contributed by atoms with Crippen LogP contribution >= 0.6 is 0 Å². The molecule has 1 N–H and O–H groups in total. The molecule has 6 heteroatoms. The second-order valence-electron chi connectivity index (χ2n) is 6.83. The molecular formula is C20H26N2O3S. The van der Waals surface area contributed by atoms with Crippen molar-refractivity contribution >= 4 is 27.3 Å². The molecule has 0 bridgehead atoms. The Morgan fingerprint density at radius 2 is 1.46 bits per heavy atom. The maximum absolute atomic E-state index is 12.8. The van der Waals surface area contributed by atoms with Crippen LogP contribution in [0, 0.1) is 27.7 Å². The first-order valence-electron chi connectivity index (χ1n) is 8.45. The van der Waals surface area contributed by atoms with Crippen molar-refractivity contribution in [2.24, 2.45) is 0 Å². The van der Waals surface area contributed by atoms with Crippen LogP contribution in [0.3, 0.4) is 0 Å². The van der Waals surface area contributed by atoms with Gasteiger partial charge in [0.1, 0.15) is 6.04 Å². The third-order valence-corrected chi connectivity index (χ3v) is 5.54. The van der Waals surface area contributed by atoms with Crippen LogP contribution in [0.2, 0.25) is 0 Å². The van der Waals surface area contributed by atoms with Crippen molar-refractivity contribution in [3.63, 3.8) is 0 Å². The number of sulfonamides is 1. The topological polar surface area (TPSA) is 66.5 Å². The summed E-state index contributed by atoms with van der Waals surface area (Å²) >= 11 is 0. The summed E-state index contributed by atoms with van der Waals surface area (Å²) in [5.74, 6) is -0.369. The Balaban J connectivity index is 2.36. The van der Waals surface area contributed by atoms with Crippen LogP contribution in [0.1, 0.15) is 29.2 Å². The van der Waals surface area contributed by atoms with Crippen LogP contribution in [0.5, 0.6) is 0 Å². The number of carbonyl (C=O) groups is 1. The summed E-state index contributed by atoms with van der Waals surface area (Å²) in [5.41, 5.74) is 5.23. The third kappa shape index (κ3) is 4.43. The molecule has 1 amide bonds. The highest BCUT2D eigenvalue weighted by atomic mass is 32.2. The Morgan fingerprint density at radius 1 is 0.962 bits per heavy atom. The van der Waals surface area contributed by atoms with Gasteiger partial charge in [-0.3, -0.25) is 9.10 Å². The van der Waals surface area contributed by atoms with Gasteiger partial charge in [0.15, 0.2) is 0 Å². The summed E-state index contributed by atoms with van der Waals surface area (Å²) in [6, 6.07) is 10.2. The van der Waals surface area contributed by atoms with E-state index in [9.17, 15) is 13.2 Å². The van der Waals surface area contributed by atoms with E-state index in [1.165, 1.54) is 0 Å². The minimum Gasteiger partial charge on any atom is -0.324 e. The summed E-state index contributed by atoms with van der Waals surface area (Å²) in [4.78, 5) is 12.8. The van der Waals surface area contributed by atoms with Crippen LogP contribution in [-0.2, 0) is 14.8 Å². The minimum atomic E-state index is -3.62. The van der Waals surface area contributed by atoms with Gasteiger partial charge in [-0.05, 0) is 57.9 Å². The summed E-state index contributed by atoms with van der Waals surface area (Å²) in [7, 11) is -3.62. The second-order valence-corrected chi connectivity index (χ2v) is 8.69. The number of hydrogen-bond donors (Lipinski definition) is 1. The maximum Gasteiger partial charge on any atom is 0.248 e. The SMILES string of the molecule is Cc1ccc(N(C(C)C(=O)Nc2c(C)cc(C)cc2C)S(C)(=O)=O)cc1. The van der Waals surface area contributed by atoms with E-state index in [0.717, 1.165) is 38.5 Å². The normalized spacial score (nSPS) is 12.5. The monoisotopic (exact) mass is 374 g/mol. The highest BCUT2D eigenvalue weighted by Crippen LogP contribution is 2.25. The minimum absolute atomic E-state index is 0.369. The largest absolute Gasteiger partial charge is 0.324 e. The lowest BCUT2D eigenvalue weighted by atomic mass is 10.0. The fraction of sp³-hybridized carbons (Fsp3) is 0.350. The zero-order chi connectivity index (χ0) is 19.6. The number of anilines is 2. The van der Waals surface area contributed by atoms with Gasteiger partial charge in [-0.2, -0.15) is 0 Å². The van der Waals surface area contributed by atoms with Crippen LogP contribution in [0.15, 0.2) is 36.4 Å². The molecule has 0 aliphatic heterocycles. The van der Waals surface area contributed by atoms with E-state index in [4.69, 9.17) is 0 Å². The van der Waals surface area contributed by atoms with Crippen LogP contribution < -0.4 is 9.62 Å². The molecule has 5 nitrogen and oxygen atoms in total. The molecule has 1 unspecified atom stereocenters. The van der Waals surface area contributed by atoms with Crippen molar-refractivity contribution in [3.8, 4) is 0 Å². The Kier molecular flexibility index (Phi) is 5.76. The molecule has 26 heavy (non-hydrogen) atoms. The van der Waals surface area contributed by atoms with Crippen LogP contribution in [0.4, 0.5) is 11.4 Å². The van der Waals surface area contributed by atoms with Crippen molar-refractivity contribution in [3.05, 3.63) is 58.7 Å². The fourth-order valence-corrected chi connectivity index (χ4v) is 4.28. The van der Waals surface area contributed by atoms with E-state index in [1.807, 2.05) is 52.0 Å². The predicted octanol–water partition coefficient (Wildman–Crippen LogP) is 3.71. The van der Waals surface area contributed by atoms with Crippen molar-refractivity contribution in [1.82, 2.24) is 0 Å². The zero-order valence-electron chi connectivity index (χ0n) is 16.1. The van der Waals surface area contributed by atoms with E-state index in [-0.39, 0.29) is 5.91 Å². The number of rotatable bonds is 5. The first kappa shape index (κ1) is 20.0. The summed E-state index contributed by atoms with van der Waals surface area (Å²) < 4.78 is 25.8. The molecule has 140 valence electrons. The average molecular weight is 375 g/mol. The highest BCUT2D eigenvalue weighted by Gasteiger charge is 2.29. The molecular weight excluding hydrogens is 348 g/mol. The van der Waals surface area contributed by atoms with Crippen molar-refractivity contribution in [1.29, 1.82) is 0 Å². The lowest BCUT2D eigenvalue weighted by Crippen LogP contribution is -2.45. The predicted molar refractivity (Wildman–Crippen MR) is 107 cm³/mol. The molecule has 2 rings (SSSR count). The molecule has 0 saturated carbocycles. The van der Waals surface area contributed by atoms with E-state index in [2.05, 4.69) is 5.32 Å². The lowest BCUT2D eigenvalue weighted by molar-refractivity contribution is -0.116. The molecule has 1 atom stereocenters. The molecule has 0 aliphatic rings. The van der Waals surface area contributed by atoms with Crippen LogP contribution in [-0.4, -0.2) is 26.6 Å². The third-order valence-electron chi connectivity index (χ3n) is 4.30. The molecule has 0 aliphatic carbocycles. The molecule has 0 spiro atoms. The number of benzene rings is 2. The highest BCUT2D eigenvalue weighted by molar-refractivity contribution is 7.92. The molecule has 0 heterocycles. The number of hydrogen-bond acceptors (Lipinski definition) is 3. The molecule has 0 saturated heterocycles. The summed E-state index contributed by atoms with van der Waals surface area (Å²) in [6.07, 6.45) is 1.11. The number of nitrogens with zero attached hydrogens (tertiary/aromatic N) is 1. The number of nitrogens with one attached hydrogen (secondary N) is 1. The summed E-state index contributed by atoms with van der Waals surface area (Å²) in [6.45, 7) is 9.36. The lowest BCUT2D eigenvalue weighted by Gasteiger charge is -2.28. The fourth-order valence-electron chi connectivity index (χ4n) is 3.11. The Labute approximate surface area is 156 Å². The maximum atomic E-state index is 12.8. The van der Waals surface area contributed by atoms with E-state index in [1.54, 1.807) is 19.1 Å². The summed E-state index contributed by atoms with van der Waals surface area (Å²) in [5, 5.41) is 2.89.